The van der Waals surface area contributed by atoms with Crippen LogP contribution in [0.3, 0.4) is 0 Å². The van der Waals surface area contributed by atoms with Crippen molar-refractivity contribution in [3.05, 3.63) is 101 Å². The molecule has 0 aliphatic carbocycles. The Kier molecular flexibility index (Phi) is 11.8. The van der Waals surface area contributed by atoms with Gasteiger partial charge in [0.1, 0.15) is 0 Å². The number of carbonyl (C=O) groups excluding carboxylic acids is 1. The van der Waals surface area contributed by atoms with Gasteiger partial charge in [0.05, 0.1) is 0 Å². The summed E-state index contributed by atoms with van der Waals surface area (Å²) in [4.78, 5) is 16.7. The summed E-state index contributed by atoms with van der Waals surface area (Å²) in [6, 6.07) is 21.9. The summed E-state index contributed by atoms with van der Waals surface area (Å²) in [5.74, 6) is 0.792. The maximum atomic E-state index is 12.7. The van der Waals surface area contributed by atoms with Gasteiger partial charge in [0.25, 0.3) is 5.91 Å². The second kappa shape index (κ2) is 14.3. The number of hydrogen-bond acceptors (Lipinski definition) is 2. The summed E-state index contributed by atoms with van der Waals surface area (Å²) in [6.45, 7) is 11.2. The van der Waals surface area contributed by atoms with Gasteiger partial charge in [0.15, 0.2) is 0 Å². The monoisotopic (exact) mass is 513 g/mol. The highest BCUT2D eigenvalue weighted by Crippen LogP contribution is 2.38. The molecule has 0 radical (unpaired) electrons. The highest BCUT2D eigenvalue weighted by molar-refractivity contribution is 7.99. The Hall–Kier alpha value is -2.20. The van der Waals surface area contributed by atoms with Gasteiger partial charge in [0.2, 0.25) is 0 Å². The van der Waals surface area contributed by atoms with Crippen LogP contribution in [0.1, 0.15) is 53.7 Å². The third kappa shape index (κ3) is 7.66. The third-order valence-electron chi connectivity index (χ3n) is 5.25. The van der Waals surface area contributed by atoms with Crippen LogP contribution in [0.15, 0.2) is 83.1 Å². The minimum Gasteiger partial charge on any atom is -0.342 e. The van der Waals surface area contributed by atoms with Crippen molar-refractivity contribution >= 4 is 46.4 Å². The lowest BCUT2D eigenvalue weighted by molar-refractivity contribution is 0.0793. The summed E-state index contributed by atoms with van der Waals surface area (Å²) in [5.41, 5.74) is 4.70. The first kappa shape index (κ1) is 28.0. The van der Waals surface area contributed by atoms with E-state index >= 15 is 0 Å². The molecule has 5 heteroatoms. The molecule has 180 valence electrons. The van der Waals surface area contributed by atoms with Gasteiger partial charge >= 0.3 is 0 Å². The quantitative estimate of drug-likeness (QED) is 0.280. The molecule has 0 saturated heterocycles. The second-order valence-electron chi connectivity index (χ2n) is 7.88. The fourth-order valence-corrected chi connectivity index (χ4v) is 4.68. The van der Waals surface area contributed by atoms with E-state index in [0.29, 0.717) is 5.02 Å². The molecule has 0 heterocycles. The number of amides is 1. The van der Waals surface area contributed by atoms with Crippen LogP contribution in [-0.4, -0.2) is 30.3 Å². The average molecular weight is 515 g/mol. The number of nitrogens with zero attached hydrogens (tertiary/aromatic N) is 1. The first-order valence-electron chi connectivity index (χ1n) is 11.5. The lowest BCUT2D eigenvalue weighted by Gasteiger charge is -2.18. The number of unbranched alkanes of at least 4 members (excludes halogenated alkanes) is 1. The van der Waals surface area contributed by atoms with Gasteiger partial charge in [-0.1, -0.05) is 86.6 Å². The van der Waals surface area contributed by atoms with Crippen molar-refractivity contribution in [3.63, 3.8) is 0 Å². The molecule has 0 N–H and O–H groups in total. The standard InChI is InChI=1S/C27H28ClNOS.C2H5Cl/c1-5-6-17-29(4)27(30)21-15-16-25(19(2)18-21)31-26-14-10-8-12-23(26)20(3)22-11-7-9-13-24(22)28;1-2-3/h7-16,18H,3,5-6,17H2,1-2,4H3;2H2,1H3. The fraction of sp³-hybridized carbons (Fsp3) is 0.276. The minimum atomic E-state index is 0.0700. The smallest absolute Gasteiger partial charge is 0.253 e. The molecule has 0 aromatic heterocycles. The molecule has 0 fully saturated rings. The van der Waals surface area contributed by atoms with E-state index in [1.54, 1.807) is 16.7 Å². The summed E-state index contributed by atoms with van der Waals surface area (Å²) in [7, 11) is 1.87. The van der Waals surface area contributed by atoms with Gasteiger partial charge in [-0.05, 0) is 60.4 Å². The van der Waals surface area contributed by atoms with E-state index < -0.39 is 0 Å². The molecule has 0 saturated carbocycles. The summed E-state index contributed by atoms with van der Waals surface area (Å²) >= 11 is 13.1. The molecule has 1 amide bonds. The van der Waals surface area contributed by atoms with Gasteiger partial charge in [-0.25, -0.2) is 0 Å². The van der Waals surface area contributed by atoms with Crippen molar-refractivity contribution in [1.82, 2.24) is 4.90 Å². The molecule has 3 rings (SSSR count). The Balaban J connectivity index is 0.00000129. The van der Waals surface area contributed by atoms with Crippen molar-refractivity contribution < 1.29 is 4.79 Å². The molecule has 0 aliphatic rings. The molecule has 0 bridgehead atoms. The van der Waals surface area contributed by atoms with Gasteiger partial charge in [-0.2, -0.15) is 0 Å². The number of carbonyl (C=O) groups is 1. The number of aryl methyl sites for hydroxylation is 1. The molecule has 0 spiro atoms. The van der Waals surface area contributed by atoms with Crippen LogP contribution in [0.5, 0.6) is 0 Å². The fourth-order valence-electron chi connectivity index (χ4n) is 3.39. The van der Waals surface area contributed by atoms with Crippen molar-refractivity contribution in [3.8, 4) is 0 Å². The third-order valence-corrected chi connectivity index (χ3v) is 6.83. The number of rotatable bonds is 8. The normalized spacial score (nSPS) is 10.3. The van der Waals surface area contributed by atoms with Crippen molar-refractivity contribution in [2.24, 2.45) is 0 Å². The van der Waals surface area contributed by atoms with Crippen molar-refractivity contribution in [1.29, 1.82) is 0 Å². The zero-order valence-electron chi connectivity index (χ0n) is 20.4. The predicted octanol–water partition coefficient (Wildman–Crippen LogP) is 8.98. The average Bonchev–Trinajstić information content (AvgIpc) is 2.84. The minimum absolute atomic E-state index is 0.0700. The molecule has 34 heavy (non-hydrogen) atoms. The molecule has 0 unspecified atom stereocenters. The van der Waals surface area contributed by atoms with Gasteiger partial charge in [0, 0.05) is 45.4 Å². The largest absolute Gasteiger partial charge is 0.342 e. The molecule has 3 aromatic carbocycles. The SMILES string of the molecule is C=C(c1ccccc1Cl)c1ccccc1Sc1ccc(C(=O)N(C)CCCC)cc1C.CCCl. The molecular weight excluding hydrogens is 481 g/mol. The number of halogens is 2. The lowest BCUT2D eigenvalue weighted by Crippen LogP contribution is -2.27. The first-order chi connectivity index (χ1) is 16.3. The summed E-state index contributed by atoms with van der Waals surface area (Å²) in [6.07, 6.45) is 2.09. The molecule has 0 atom stereocenters. The van der Waals surface area contributed by atoms with E-state index in [2.05, 4.69) is 32.6 Å². The van der Waals surface area contributed by atoms with Crippen molar-refractivity contribution in [2.75, 3.05) is 19.5 Å². The van der Waals surface area contributed by atoms with Crippen LogP contribution in [0.25, 0.3) is 5.57 Å². The van der Waals surface area contributed by atoms with Crippen LogP contribution in [-0.2, 0) is 0 Å². The van der Waals surface area contributed by atoms with Gasteiger partial charge in [-0.3, -0.25) is 4.79 Å². The molecule has 2 nitrogen and oxygen atoms in total. The topological polar surface area (TPSA) is 20.3 Å². The van der Waals surface area contributed by atoms with E-state index in [1.165, 1.54) is 0 Å². The van der Waals surface area contributed by atoms with Gasteiger partial charge in [-0.15, -0.1) is 11.6 Å². The highest BCUT2D eigenvalue weighted by Gasteiger charge is 2.15. The Bertz CT molecular complexity index is 1110. The first-order valence-corrected chi connectivity index (χ1v) is 13.2. The van der Waals surface area contributed by atoms with Gasteiger partial charge < -0.3 is 4.90 Å². The maximum Gasteiger partial charge on any atom is 0.253 e. The molecule has 0 aliphatic heterocycles. The van der Waals surface area contributed by atoms with Crippen molar-refractivity contribution in [2.45, 2.75) is 43.4 Å². The van der Waals surface area contributed by atoms with E-state index in [-0.39, 0.29) is 5.91 Å². The van der Waals surface area contributed by atoms with Crippen LogP contribution >= 0.6 is 35.0 Å². The second-order valence-corrected chi connectivity index (χ2v) is 9.91. The molecule has 3 aromatic rings. The zero-order valence-corrected chi connectivity index (χ0v) is 22.7. The van der Waals surface area contributed by atoms with Crippen LogP contribution in [0, 0.1) is 6.92 Å². The summed E-state index contributed by atoms with van der Waals surface area (Å²) < 4.78 is 0. The molecular formula is C29H33Cl2NOS. The Morgan fingerprint density at radius 2 is 1.59 bits per heavy atom. The van der Waals surface area contributed by atoms with E-state index in [9.17, 15) is 4.79 Å². The predicted molar refractivity (Wildman–Crippen MR) is 150 cm³/mol. The van der Waals surface area contributed by atoms with Crippen LogP contribution in [0.2, 0.25) is 5.02 Å². The lowest BCUT2D eigenvalue weighted by atomic mass is 10.00. The number of hydrogen-bond donors (Lipinski definition) is 0. The Morgan fingerprint density at radius 1 is 0.971 bits per heavy atom. The zero-order chi connectivity index (χ0) is 25.1. The summed E-state index contributed by atoms with van der Waals surface area (Å²) in [5, 5.41) is 0.693. The van der Waals surface area contributed by atoms with E-state index in [0.717, 1.165) is 62.9 Å². The number of benzene rings is 3. The Morgan fingerprint density at radius 3 is 2.21 bits per heavy atom. The van der Waals surface area contributed by atoms with E-state index in [4.69, 9.17) is 23.2 Å². The van der Waals surface area contributed by atoms with Crippen LogP contribution in [0.4, 0.5) is 0 Å². The highest BCUT2D eigenvalue weighted by atomic mass is 35.5. The van der Waals surface area contributed by atoms with Crippen LogP contribution < -0.4 is 0 Å². The van der Waals surface area contributed by atoms with E-state index in [1.807, 2.05) is 68.6 Å². The Labute approximate surface area is 219 Å². The number of alkyl halides is 1. The maximum absolute atomic E-state index is 12.7.